The lowest BCUT2D eigenvalue weighted by atomic mass is 10.1. The summed E-state index contributed by atoms with van der Waals surface area (Å²) in [6.45, 7) is 6.79. The summed E-state index contributed by atoms with van der Waals surface area (Å²) in [5, 5.41) is 5.01. The zero-order valence-electron chi connectivity index (χ0n) is 15.5. The Balaban J connectivity index is 1.64. The summed E-state index contributed by atoms with van der Waals surface area (Å²) in [5.74, 6) is 0.129. The standard InChI is InChI=1S/C20H20N2O4S/c1-11-12(2)25-13(3)17(11)19(24)26-14(4)18(23)22-20-21-16(10-27-20)15-8-6-5-7-9-15/h5-10,14H,1-4H3,(H,21,22,23). The molecule has 0 saturated carbocycles. The molecular weight excluding hydrogens is 364 g/mol. The van der Waals surface area contributed by atoms with Crippen molar-refractivity contribution >= 4 is 28.3 Å². The first-order valence-corrected chi connectivity index (χ1v) is 9.34. The van der Waals surface area contributed by atoms with Gasteiger partial charge in [0.2, 0.25) is 0 Å². The Hall–Kier alpha value is -2.93. The van der Waals surface area contributed by atoms with Crippen molar-refractivity contribution in [2.24, 2.45) is 0 Å². The molecule has 3 rings (SSSR count). The van der Waals surface area contributed by atoms with Crippen LogP contribution in [0.1, 0.15) is 34.4 Å². The smallest absolute Gasteiger partial charge is 0.342 e. The maximum absolute atomic E-state index is 12.4. The summed E-state index contributed by atoms with van der Waals surface area (Å²) in [4.78, 5) is 29.1. The number of esters is 1. The van der Waals surface area contributed by atoms with E-state index in [1.807, 2.05) is 35.7 Å². The second-order valence-electron chi connectivity index (χ2n) is 6.16. The molecule has 1 unspecified atom stereocenters. The maximum atomic E-state index is 12.4. The van der Waals surface area contributed by atoms with E-state index >= 15 is 0 Å². The number of carbonyl (C=O) groups excluding carboxylic acids is 2. The molecule has 7 heteroatoms. The highest BCUT2D eigenvalue weighted by Crippen LogP contribution is 2.25. The van der Waals surface area contributed by atoms with Gasteiger partial charge in [-0.05, 0) is 27.7 Å². The minimum atomic E-state index is -0.962. The van der Waals surface area contributed by atoms with Gasteiger partial charge in [0.15, 0.2) is 11.2 Å². The third-order valence-electron chi connectivity index (χ3n) is 4.22. The van der Waals surface area contributed by atoms with Crippen molar-refractivity contribution in [3.8, 4) is 11.3 Å². The third-order valence-corrected chi connectivity index (χ3v) is 4.98. The van der Waals surface area contributed by atoms with Gasteiger partial charge >= 0.3 is 5.97 Å². The molecule has 2 aromatic heterocycles. The van der Waals surface area contributed by atoms with Gasteiger partial charge in [0, 0.05) is 16.5 Å². The predicted octanol–water partition coefficient (Wildman–Crippen LogP) is 4.51. The number of anilines is 1. The number of nitrogens with zero attached hydrogens (tertiary/aromatic N) is 1. The van der Waals surface area contributed by atoms with Gasteiger partial charge in [0.1, 0.15) is 17.1 Å². The molecule has 0 spiro atoms. The highest BCUT2D eigenvalue weighted by molar-refractivity contribution is 7.14. The van der Waals surface area contributed by atoms with Gasteiger partial charge in [-0.2, -0.15) is 0 Å². The number of amides is 1. The van der Waals surface area contributed by atoms with E-state index in [1.54, 1.807) is 20.8 Å². The first-order valence-electron chi connectivity index (χ1n) is 8.46. The number of hydrogen-bond acceptors (Lipinski definition) is 6. The number of nitrogens with one attached hydrogen (secondary N) is 1. The number of aryl methyl sites for hydroxylation is 2. The van der Waals surface area contributed by atoms with Gasteiger partial charge in [-0.3, -0.25) is 10.1 Å². The zero-order valence-corrected chi connectivity index (χ0v) is 16.3. The Morgan fingerprint density at radius 1 is 1.15 bits per heavy atom. The number of benzene rings is 1. The largest absolute Gasteiger partial charge is 0.465 e. The summed E-state index contributed by atoms with van der Waals surface area (Å²) in [7, 11) is 0. The monoisotopic (exact) mass is 384 g/mol. The first kappa shape index (κ1) is 18.8. The van der Waals surface area contributed by atoms with Crippen LogP contribution in [0.4, 0.5) is 5.13 Å². The van der Waals surface area contributed by atoms with Gasteiger partial charge in [-0.1, -0.05) is 30.3 Å². The zero-order chi connectivity index (χ0) is 19.6. The molecule has 0 aliphatic carbocycles. The average Bonchev–Trinajstić information content (AvgIpc) is 3.20. The molecule has 0 saturated heterocycles. The van der Waals surface area contributed by atoms with Crippen molar-refractivity contribution in [2.75, 3.05) is 5.32 Å². The van der Waals surface area contributed by atoms with Gasteiger partial charge < -0.3 is 9.15 Å². The molecule has 1 N–H and O–H groups in total. The van der Waals surface area contributed by atoms with E-state index in [-0.39, 0.29) is 0 Å². The van der Waals surface area contributed by atoms with Gasteiger partial charge in [-0.15, -0.1) is 11.3 Å². The van der Waals surface area contributed by atoms with Crippen LogP contribution in [0.3, 0.4) is 0 Å². The van der Waals surface area contributed by atoms with Crippen molar-refractivity contribution in [3.63, 3.8) is 0 Å². The molecule has 6 nitrogen and oxygen atoms in total. The topological polar surface area (TPSA) is 81.4 Å². The first-order chi connectivity index (χ1) is 12.9. The van der Waals surface area contributed by atoms with E-state index in [4.69, 9.17) is 9.15 Å². The Labute approximate surface area is 161 Å². The highest BCUT2D eigenvalue weighted by Gasteiger charge is 2.25. The molecule has 0 radical (unpaired) electrons. The lowest BCUT2D eigenvalue weighted by molar-refractivity contribution is -0.123. The van der Waals surface area contributed by atoms with Crippen molar-refractivity contribution < 1.29 is 18.7 Å². The number of ether oxygens (including phenoxy) is 1. The molecule has 3 aromatic rings. The molecular formula is C20H20N2O4S. The Bertz CT molecular complexity index is 975. The van der Waals surface area contributed by atoms with Gasteiger partial charge in [-0.25, -0.2) is 9.78 Å². The molecule has 0 aliphatic heterocycles. The number of carbonyl (C=O) groups is 2. The SMILES string of the molecule is Cc1oc(C)c(C(=O)OC(C)C(=O)Nc2nc(-c3ccccc3)cs2)c1C. The molecule has 0 aliphatic rings. The normalized spacial score (nSPS) is 11.9. The highest BCUT2D eigenvalue weighted by atomic mass is 32.1. The average molecular weight is 384 g/mol. The Morgan fingerprint density at radius 2 is 1.85 bits per heavy atom. The summed E-state index contributed by atoms with van der Waals surface area (Å²) < 4.78 is 10.7. The minimum absolute atomic E-state index is 0.368. The quantitative estimate of drug-likeness (QED) is 0.655. The Kier molecular flexibility index (Phi) is 5.41. The second kappa shape index (κ2) is 7.75. The molecule has 1 aromatic carbocycles. The third kappa shape index (κ3) is 4.09. The molecule has 0 bridgehead atoms. The van der Waals surface area contributed by atoms with Crippen LogP contribution < -0.4 is 5.32 Å². The number of rotatable bonds is 5. The summed E-state index contributed by atoms with van der Waals surface area (Å²) in [5.41, 5.74) is 2.83. The number of furan rings is 1. The fourth-order valence-electron chi connectivity index (χ4n) is 2.65. The summed E-state index contributed by atoms with van der Waals surface area (Å²) in [6, 6.07) is 9.68. The number of aromatic nitrogens is 1. The maximum Gasteiger partial charge on any atom is 0.342 e. The van der Waals surface area contributed by atoms with E-state index in [1.165, 1.54) is 18.3 Å². The Morgan fingerprint density at radius 3 is 2.48 bits per heavy atom. The van der Waals surface area contributed by atoms with Crippen molar-refractivity contribution in [1.82, 2.24) is 4.98 Å². The van der Waals surface area contributed by atoms with Crippen molar-refractivity contribution in [3.05, 3.63) is 58.4 Å². The lowest BCUT2D eigenvalue weighted by Crippen LogP contribution is -2.30. The molecule has 140 valence electrons. The van der Waals surface area contributed by atoms with E-state index in [0.717, 1.165) is 16.8 Å². The van der Waals surface area contributed by atoms with E-state index in [0.29, 0.717) is 22.2 Å². The van der Waals surface area contributed by atoms with Crippen molar-refractivity contribution in [1.29, 1.82) is 0 Å². The van der Waals surface area contributed by atoms with E-state index in [9.17, 15) is 9.59 Å². The fourth-order valence-corrected chi connectivity index (χ4v) is 3.37. The van der Waals surface area contributed by atoms with Gasteiger partial charge in [0.25, 0.3) is 5.91 Å². The molecule has 1 amide bonds. The van der Waals surface area contributed by atoms with Crippen LogP contribution in [0, 0.1) is 20.8 Å². The molecule has 2 heterocycles. The van der Waals surface area contributed by atoms with Crippen LogP contribution in [0.15, 0.2) is 40.1 Å². The fraction of sp³-hybridized carbons (Fsp3) is 0.250. The van der Waals surface area contributed by atoms with E-state index < -0.39 is 18.0 Å². The predicted molar refractivity (Wildman–Crippen MR) is 104 cm³/mol. The number of hydrogen-bond donors (Lipinski definition) is 1. The van der Waals surface area contributed by atoms with Crippen LogP contribution in [-0.4, -0.2) is 23.0 Å². The van der Waals surface area contributed by atoms with Crippen LogP contribution in [0.5, 0.6) is 0 Å². The minimum Gasteiger partial charge on any atom is -0.465 e. The number of thiazole rings is 1. The summed E-state index contributed by atoms with van der Waals surface area (Å²) in [6.07, 6.45) is -0.962. The van der Waals surface area contributed by atoms with Crippen molar-refractivity contribution in [2.45, 2.75) is 33.8 Å². The second-order valence-corrected chi connectivity index (χ2v) is 7.01. The molecule has 0 fully saturated rings. The van der Waals surface area contributed by atoms with Crippen LogP contribution in [-0.2, 0) is 9.53 Å². The van der Waals surface area contributed by atoms with Crippen LogP contribution >= 0.6 is 11.3 Å². The van der Waals surface area contributed by atoms with Crippen LogP contribution in [0.2, 0.25) is 0 Å². The molecule has 1 atom stereocenters. The molecule has 27 heavy (non-hydrogen) atoms. The lowest BCUT2D eigenvalue weighted by Gasteiger charge is -2.12. The van der Waals surface area contributed by atoms with Crippen LogP contribution in [0.25, 0.3) is 11.3 Å². The summed E-state index contributed by atoms with van der Waals surface area (Å²) >= 11 is 1.32. The van der Waals surface area contributed by atoms with Gasteiger partial charge in [0.05, 0.1) is 5.69 Å². The van der Waals surface area contributed by atoms with E-state index in [2.05, 4.69) is 10.3 Å².